The van der Waals surface area contributed by atoms with E-state index in [0.29, 0.717) is 17.0 Å². The van der Waals surface area contributed by atoms with E-state index in [1.54, 1.807) is 7.05 Å². The summed E-state index contributed by atoms with van der Waals surface area (Å²) in [6.07, 6.45) is 3.52. The fraction of sp³-hybridized carbons (Fsp3) is 0.476. The van der Waals surface area contributed by atoms with Gasteiger partial charge in [-0.15, -0.1) is 0 Å². The molecule has 148 valence electrons. The number of nitrogens with one attached hydrogen (secondary N) is 2. The van der Waals surface area contributed by atoms with Crippen molar-refractivity contribution in [1.29, 1.82) is 0 Å². The van der Waals surface area contributed by atoms with E-state index in [2.05, 4.69) is 57.7 Å². The van der Waals surface area contributed by atoms with Crippen LogP contribution in [-0.4, -0.2) is 41.8 Å². The Labute approximate surface area is 172 Å². The number of piperidine rings is 1. The molecule has 1 aromatic carbocycles. The Morgan fingerprint density at radius 1 is 1.11 bits per heavy atom. The molecular formula is C21H28N6S. The van der Waals surface area contributed by atoms with Gasteiger partial charge in [-0.05, 0) is 48.5 Å². The van der Waals surface area contributed by atoms with E-state index in [1.807, 2.05) is 0 Å². The van der Waals surface area contributed by atoms with Gasteiger partial charge < -0.3 is 20.4 Å². The van der Waals surface area contributed by atoms with E-state index in [-0.39, 0.29) is 0 Å². The molecule has 7 heteroatoms. The molecule has 0 unspecified atom stereocenters. The molecule has 0 amide bonds. The van der Waals surface area contributed by atoms with Crippen LogP contribution in [-0.2, 0) is 13.0 Å². The molecule has 0 spiro atoms. The van der Waals surface area contributed by atoms with E-state index >= 15 is 0 Å². The zero-order valence-corrected chi connectivity index (χ0v) is 17.4. The fourth-order valence-corrected chi connectivity index (χ4v) is 4.15. The maximum absolute atomic E-state index is 5.28. The Balaban J connectivity index is 1.64. The summed E-state index contributed by atoms with van der Waals surface area (Å²) in [4.78, 5) is 14.3. The van der Waals surface area contributed by atoms with Crippen LogP contribution in [0.2, 0.25) is 0 Å². The van der Waals surface area contributed by atoms with Crippen LogP contribution in [0.4, 0.5) is 17.6 Å². The van der Waals surface area contributed by atoms with Crippen LogP contribution in [0.1, 0.15) is 30.9 Å². The number of aromatic nitrogens is 2. The lowest BCUT2D eigenvalue weighted by Gasteiger charge is -2.34. The molecule has 1 saturated heterocycles. The van der Waals surface area contributed by atoms with Gasteiger partial charge in [0.15, 0.2) is 5.11 Å². The highest BCUT2D eigenvalue weighted by Gasteiger charge is 2.22. The van der Waals surface area contributed by atoms with E-state index in [9.17, 15) is 0 Å². The molecular weight excluding hydrogens is 368 g/mol. The van der Waals surface area contributed by atoms with E-state index < -0.39 is 0 Å². The fourth-order valence-electron chi connectivity index (χ4n) is 4.05. The topological polar surface area (TPSA) is 56.3 Å². The number of thiocarbonyl (C=S) groups is 1. The monoisotopic (exact) mass is 396 g/mol. The molecule has 2 N–H and O–H groups in total. The second-order valence-corrected chi connectivity index (χ2v) is 8.15. The van der Waals surface area contributed by atoms with Crippen LogP contribution < -0.4 is 20.4 Å². The number of benzene rings is 1. The summed E-state index contributed by atoms with van der Waals surface area (Å²) in [5, 5.41) is 6.60. The zero-order valence-electron chi connectivity index (χ0n) is 16.6. The second kappa shape index (κ2) is 8.31. The Hall–Kier alpha value is -2.41. The van der Waals surface area contributed by atoms with Crippen LogP contribution in [0.25, 0.3) is 0 Å². The Morgan fingerprint density at radius 3 is 2.61 bits per heavy atom. The van der Waals surface area contributed by atoms with Crippen molar-refractivity contribution in [3.63, 3.8) is 0 Å². The second-order valence-electron chi connectivity index (χ2n) is 7.75. The lowest BCUT2D eigenvalue weighted by Crippen LogP contribution is -2.36. The molecule has 6 nitrogen and oxygen atoms in total. The van der Waals surface area contributed by atoms with Gasteiger partial charge in [-0.2, -0.15) is 9.97 Å². The number of rotatable bonds is 3. The summed E-state index contributed by atoms with van der Waals surface area (Å²) in [6.45, 7) is 6.22. The Bertz CT molecular complexity index is 855. The summed E-state index contributed by atoms with van der Waals surface area (Å²) in [6, 6.07) is 10.8. The summed E-state index contributed by atoms with van der Waals surface area (Å²) in [7, 11) is 1.80. The lowest BCUT2D eigenvalue weighted by molar-refractivity contribution is 0.444. The SMILES string of the molecule is CNC(=S)Nc1nc(N2CCc3ccccc3C2)cc(N2CCC[C@@H](C)C2)n1. The predicted octanol–water partition coefficient (Wildman–Crippen LogP) is 3.19. The quantitative estimate of drug-likeness (QED) is 0.773. The molecule has 28 heavy (non-hydrogen) atoms. The van der Waals surface area contributed by atoms with Gasteiger partial charge >= 0.3 is 0 Å². The average Bonchev–Trinajstić information content (AvgIpc) is 2.73. The highest BCUT2D eigenvalue weighted by atomic mass is 32.1. The number of hydrogen-bond donors (Lipinski definition) is 2. The zero-order chi connectivity index (χ0) is 19.5. The maximum atomic E-state index is 5.28. The van der Waals surface area contributed by atoms with Gasteiger partial charge in [-0.25, -0.2) is 0 Å². The third-order valence-electron chi connectivity index (χ3n) is 5.59. The number of hydrogen-bond acceptors (Lipinski definition) is 5. The lowest BCUT2D eigenvalue weighted by atomic mass is 10.00. The van der Waals surface area contributed by atoms with Gasteiger partial charge in [-0.1, -0.05) is 31.2 Å². The van der Waals surface area contributed by atoms with Crippen molar-refractivity contribution in [3.8, 4) is 0 Å². The van der Waals surface area contributed by atoms with Crippen molar-refractivity contribution >= 4 is 34.9 Å². The number of nitrogens with zero attached hydrogens (tertiary/aromatic N) is 4. The predicted molar refractivity (Wildman–Crippen MR) is 119 cm³/mol. The summed E-state index contributed by atoms with van der Waals surface area (Å²) >= 11 is 5.28. The van der Waals surface area contributed by atoms with Crippen molar-refractivity contribution in [1.82, 2.24) is 15.3 Å². The van der Waals surface area contributed by atoms with E-state index in [1.165, 1.54) is 24.0 Å². The first-order chi connectivity index (χ1) is 13.6. The van der Waals surface area contributed by atoms with Crippen LogP contribution in [0, 0.1) is 5.92 Å². The van der Waals surface area contributed by atoms with Gasteiger partial charge in [0, 0.05) is 39.3 Å². The van der Waals surface area contributed by atoms with Crippen molar-refractivity contribution in [2.24, 2.45) is 5.92 Å². The van der Waals surface area contributed by atoms with Crippen LogP contribution in [0.3, 0.4) is 0 Å². The van der Waals surface area contributed by atoms with Crippen molar-refractivity contribution in [2.45, 2.75) is 32.7 Å². The molecule has 4 rings (SSSR count). The molecule has 2 aliphatic rings. The van der Waals surface area contributed by atoms with Gasteiger partial charge in [0.1, 0.15) is 11.6 Å². The standard InChI is InChI=1S/C21H28N6S/c1-15-6-5-10-26(13-15)18-12-19(24-20(23-18)25-21(28)22-2)27-11-9-16-7-3-4-8-17(16)14-27/h3-4,7-8,12,15H,5-6,9-11,13-14H2,1-2H3,(H2,22,23,24,25,28)/t15-/m1/s1. The first kappa shape index (κ1) is 18.9. The highest BCUT2D eigenvalue weighted by Crippen LogP contribution is 2.28. The van der Waals surface area contributed by atoms with E-state index in [4.69, 9.17) is 22.2 Å². The smallest absolute Gasteiger partial charge is 0.232 e. The number of fused-ring (bicyclic) bond motifs is 1. The molecule has 2 aromatic rings. The first-order valence-electron chi connectivity index (χ1n) is 10.1. The van der Waals surface area contributed by atoms with Gasteiger partial charge in [0.25, 0.3) is 0 Å². The average molecular weight is 397 g/mol. The molecule has 1 aromatic heterocycles. The van der Waals surface area contributed by atoms with Crippen LogP contribution >= 0.6 is 12.2 Å². The molecule has 0 saturated carbocycles. The molecule has 1 fully saturated rings. The molecule has 0 bridgehead atoms. The largest absolute Gasteiger partial charge is 0.365 e. The summed E-state index contributed by atoms with van der Waals surface area (Å²) < 4.78 is 0. The first-order valence-corrected chi connectivity index (χ1v) is 10.5. The van der Waals surface area contributed by atoms with Crippen molar-refractivity contribution in [2.75, 3.05) is 41.8 Å². The minimum atomic E-state index is 0.527. The van der Waals surface area contributed by atoms with E-state index in [0.717, 1.165) is 44.2 Å². The third-order valence-corrected chi connectivity index (χ3v) is 5.89. The third kappa shape index (κ3) is 4.19. The minimum absolute atomic E-state index is 0.527. The van der Waals surface area contributed by atoms with Gasteiger partial charge in [-0.3, -0.25) is 0 Å². The van der Waals surface area contributed by atoms with Crippen molar-refractivity contribution in [3.05, 3.63) is 41.5 Å². The van der Waals surface area contributed by atoms with Gasteiger partial charge in [0.05, 0.1) is 0 Å². The minimum Gasteiger partial charge on any atom is -0.365 e. The molecule has 2 aliphatic heterocycles. The van der Waals surface area contributed by atoms with Crippen LogP contribution in [0.5, 0.6) is 0 Å². The molecule has 0 aliphatic carbocycles. The highest BCUT2D eigenvalue weighted by molar-refractivity contribution is 7.80. The summed E-state index contributed by atoms with van der Waals surface area (Å²) in [5.74, 6) is 3.18. The Kier molecular flexibility index (Phi) is 5.62. The Morgan fingerprint density at radius 2 is 1.86 bits per heavy atom. The van der Waals surface area contributed by atoms with Gasteiger partial charge in [0.2, 0.25) is 5.95 Å². The normalized spacial score (nSPS) is 19.1. The maximum Gasteiger partial charge on any atom is 0.232 e. The summed E-state index contributed by atoms with van der Waals surface area (Å²) in [5.41, 5.74) is 2.81. The molecule has 3 heterocycles. The number of anilines is 3. The molecule has 1 atom stereocenters. The van der Waals surface area contributed by atoms with Crippen LogP contribution in [0.15, 0.2) is 30.3 Å². The molecule has 0 radical (unpaired) electrons. The van der Waals surface area contributed by atoms with Crippen molar-refractivity contribution < 1.29 is 0 Å².